The van der Waals surface area contributed by atoms with Crippen molar-refractivity contribution in [2.45, 2.75) is 21.3 Å². The van der Waals surface area contributed by atoms with E-state index >= 15 is 0 Å². The van der Waals surface area contributed by atoms with E-state index in [4.69, 9.17) is 0 Å². The number of nitrogens with one attached hydrogen (secondary N) is 2. The maximum atomic E-state index is 12.2. The maximum Gasteiger partial charge on any atom is 0.326 e. The number of urea groups is 1. The molecule has 8 heteroatoms. The van der Waals surface area contributed by atoms with Crippen LogP contribution in [0.25, 0.3) is 10.6 Å². The molecule has 27 heavy (non-hydrogen) atoms. The molecule has 3 aromatic heterocycles. The summed E-state index contributed by atoms with van der Waals surface area (Å²) in [5.74, 6) is 1.83. The van der Waals surface area contributed by atoms with Gasteiger partial charge < -0.3 is 4.90 Å². The highest BCUT2D eigenvalue weighted by Crippen LogP contribution is 2.25. The molecular weight excluding hydrogens is 360 g/mol. The summed E-state index contributed by atoms with van der Waals surface area (Å²) in [6.45, 7) is 5.85. The molecule has 142 valence electrons. The van der Waals surface area contributed by atoms with Gasteiger partial charge in [0, 0.05) is 36.4 Å². The van der Waals surface area contributed by atoms with Crippen molar-refractivity contribution in [1.82, 2.24) is 15.0 Å². The zero-order chi connectivity index (χ0) is 18.4. The van der Waals surface area contributed by atoms with Crippen LogP contribution in [0, 0.1) is 0 Å². The summed E-state index contributed by atoms with van der Waals surface area (Å²) in [4.78, 5) is 27.2. The minimum atomic E-state index is -0.374. The average Bonchev–Trinajstić information content (AvgIpc) is 3.12. The zero-order valence-corrected chi connectivity index (χ0v) is 15.5. The van der Waals surface area contributed by atoms with Crippen LogP contribution in [-0.4, -0.2) is 34.1 Å². The lowest BCUT2D eigenvalue weighted by molar-refractivity contribution is 0.262. The molecule has 7 nitrogen and oxygen atoms in total. The first-order chi connectivity index (χ1) is 12.7. The number of hydrogen-bond acceptors (Lipinski definition) is 6. The number of carbonyl (C=O) groups excluding carboxylic acids is 1. The molecule has 0 atom stereocenters. The number of nitrogens with zero attached hydrogens (tertiary/aromatic N) is 4. The molecule has 3 heterocycles. The van der Waals surface area contributed by atoms with Gasteiger partial charge in [-0.1, -0.05) is 13.5 Å². The minimum Gasteiger partial charge on any atom is -0.357 e. The van der Waals surface area contributed by atoms with Crippen molar-refractivity contribution in [3.05, 3.63) is 48.1 Å². The van der Waals surface area contributed by atoms with Crippen LogP contribution in [-0.2, 0) is 0 Å². The topological polar surface area (TPSA) is 83.0 Å². The second kappa shape index (κ2) is 9.63. The van der Waals surface area contributed by atoms with Crippen molar-refractivity contribution in [2.24, 2.45) is 0 Å². The molecule has 0 saturated heterocycles. The van der Waals surface area contributed by atoms with Crippen molar-refractivity contribution < 1.29 is 4.79 Å². The Bertz CT molecular complexity index is 863. The van der Waals surface area contributed by atoms with Crippen LogP contribution >= 0.6 is 11.3 Å². The molecule has 0 aliphatic heterocycles. The summed E-state index contributed by atoms with van der Waals surface area (Å²) in [6.07, 6.45) is 3.43. The Hall–Kier alpha value is -3.00. The molecular formula is C19H24N6OS. The quantitative estimate of drug-likeness (QED) is 0.642. The Balaban J connectivity index is 0.00000261. The minimum absolute atomic E-state index is 0. The van der Waals surface area contributed by atoms with Gasteiger partial charge in [0.2, 0.25) is 0 Å². The lowest BCUT2D eigenvalue weighted by Gasteiger charge is -2.20. The van der Waals surface area contributed by atoms with Gasteiger partial charge >= 0.3 is 6.03 Å². The van der Waals surface area contributed by atoms with Crippen molar-refractivity contribution in [2.75, 3.05) is 28.6 Å². The molecule has 0 aromatic carbocycles. The summed E-state index contributed by atoms with van der Waals surface area (Å²) in [5.41, 5.74) is 0.965. The van der Waals surface area contributed by atoms with E-state index < -0.39 is 0 Å². The number of aromatic nitrogens is 3. The number of amides is 2. The Labute approximate surface area is 163 Å². The number of carbonyl (C=O) groups is 1. The van der Waals surface area contributed by atoms with Gasteiger partial charge in [-0.05, 0) is 38.1 Å². The third kappa shape index (κ3) is 5.24. The van der Waals surface area contributed by atoms with E-state index in [1.807, 2.05) is 24.3 Å². The standard InChI is InChI=1S/C18H20N6OS.CH4/c1-3-24(4-2)16-7-5-6-14(20-16)22-18(25)23-15-12-26-17(21-15)13-8-10-19-11-9-13;/h5-12H,3-4H2,1-2H3,(H2,20,22,23,25);1H4. The predicted molar refractivity (Wildman–Crippen MR) is 113 cm³/mol. The molecule has 3 aromatic rings. The number of pyridine rings is 2. The summed E-state index contributed by atoms with van der Waals surface area (Å²) in [7, 11) is 0. The Morgan fingerprint density at radius 2 is 1.74 bits per heavy atom. The molecule has 2 amide bonds. The second-order valence-corrected chi connectivity index (χ2v) is 6.26. The van der Waals surface area contributed by atoms with Gasteiger partial charge in [-0.25, -0.2) is 14.8 Å². The molecule has 3 rings (SSSR count). The Morgan fingerprint density at radius 3 is 2.44 bits per heavy atom. The second-order valence-electron chi connectivity index (χ2n) is 5.41. The fourth-order valence-electron chi connectivity index (χ4n) is 2.44. The van der Waals surface area contributed by atoms with Crippen molar-refractivity contribution in [3.8, 4) is 10.6 Å². The van der Waals surface area contributed by atoms with Crippen LogP contribution in [0.3, 0.4) is 0 Å². The van der Waals surface area contributed by atoms with Crippen molar-refractivity contribution >= 4 is 34.8 Å². The van der Waals surface area contributed by atoms with Crippen LogP contribution in [0.15, 0.2) is 48.1 Å². The SMILES string of the molecule is C.CCN(CC)c1cccc(NC(=O)Nc2csc(-c3ccncc3)n2)n1. The molecule has 0 unspecified atom stereocenters. The molecule has 2 N–H and O–H groups in total. The Morgan fingerprint density at radius 1 is 1.04 bits per heavy atom. The lowest BCUT2D eigenvalue weighted by Crippen LogP contribution is -2.24. The zero-order valence-electron chi connectivity index (χ0n) is 14.6. The van der Waals surface area contributed by atoms with Gasteiger partial charge in [-0.3, -0.25) is 15.6 Å². The summed E-state index contributed by atoms with van der Waals surface area (Å²) in [5, 5.41) is 8.11. The molecule has 0 saturated carbocycles. The van der Waals surface area contributed by atoms with E-state index in [-0.39, 0.29) is 13.5 Å². The van der Waals surface area contributed by atoms with E-state index in [0.29, 0.717) is 11.6 Å². The van der Waals surface area contributed by atoms with E-state index in [9.17, 15) is 4.79 Å². The largest absolute Gasteiger partial charge is 0.357 e. The van der Waals surface area contributed by atoms with E-state index in [0.717, 1.165) is 29.5 Å². The molecule has 0 aliphatic carbocycles. The summed E-state index contributed by atoms with van der Waals surface area (Å²) in [6, 6.07) is 8.95. The first kappa shape index (κ1) is 20.3. The van der Waals surface area contributed by atoms with Crippen LogP contribution in [0.2, 0.25) is 0 Å². The van der Waals surface area contributed by atoms with Crippen molar-refractivity contribution in [1.29, 1.82) is 0 Å². The molecule has 0 aliphatic rings. The lowest BCUT2D eigenvalue weighted by atomic mass is 10.3. The molecule has 0 fully saturated rings. The fraction of sp³-hybridized carbons (Fsp3) is 0.263. The molecule has 0 bridgehead atoms. The van der Waals surface area contributed by atoms with Gasteiger partial charge in [0.1, 0.15) is 22.5 Å². The highest BCUT2D eigenvalue weighted by molar-refractivity contribution is 7.13. The van der Waals surface area contributed by atoms with E-state index in [1.165, 1.54) is 11.3 Å². The highest BCUT2D eigenvalue weighted by Gasteiger charge is 2.10. The molecule has 0 radical (unpaired) electrons. The first-order valence-electron chi connectivity index (χ1n) is 8.35. The number of anilines is 3. The maximum absolute atomic E-state index is 12.2. The van der Waals surface area contributed by atoms with Gasteiger partial charge in [0.25, 0.3) is 0 Å². The average molecular weight is 385 g/mol. The van der Waals surface area contributed by atoms with Gasteiger partial charge in [0.15, 0.2) is 0 Å². The van der Waals surface area contributed by atoms with E-state index in [2.05, 4.69) is 44.3 Å². The van der Waals surface area contributed by atoms with Crippen LogP contribution in [0.1, 0.15) is 21.3 Å². The number of rotatable bonds is 6. The van der Waals surface area contributed by atoms with Crippen LogP contribution in [0.5, 0.6) is 0 Å². The first-order valence-corrected chi connectivity index (χ1v) is 9.23. The highest BCUT2D eigenvalue weighted by atomic mass is 32.1. The van der Waals surface area contributed by atoms with Gasteiger partial charge in [-0.2, -0.15) is 0 Å². The normalized spacial score (nSPS) is 10.0. The predicted octanol–water partition coefficient (Wildman–Crippen LogP) is 4.73. The van der Waals surface area contributed by atoms with Crippen molar-refractivity contribution in [3.63, 3.8) is 0 Å². The van der Waals surface area contributed by atoms with Crippen LogP contribution in [0.4, 0.5) is 22.2 Å². The van der Waals surface area contributed by atoms with Gasteiger partial charge in [-0.15, -0.1) is 11.3 Å². The monoisotopic (exact) mass is 384 g/mol. The molecule has 0 spiro atoms. The van der Waals surface area contributed by atoms with Crippen LogP contribution < -0.4 is 15.5 Å². The summed E-state index contributed by atoms with van der Waals surface area (Å²) >= 11 is 1.46. The Kier molecular flexibility index (Phi) is 7.25. The third-order valence-corrected chi connectivity index (χ3v) is 4.63. The summed E-state index contributed by atoms with van der Waals surface area (Å²) < 4.78 is 0. The number of thiazole rings is 1. The smallest absolute Gasteiger partial charge is 0.326 e. The fourth-order valence-corrected chi connectivity index (χ4v) is 3.20. The van der Waals surface area contributed by atoms with E-state index in [1.54, 1.807) is 23.8 Å². The number of hydrogen-bond donors (Lipinski definition) is 2. The third-order valence-electron chi connectivity index (χ3n) is 3.74. The van der Waals surface area contributed by atoms with Gasteiger partial charge in [0.05, 0.1) is 0 Å².